The van der Waals surface area contributed by atoms with Gasteiger partial charge in [-0.1, -0.05) is 13.0 Å². The summed E-state index contributed by atoms with van der Waals surface area (Å²) in [5.41, 5.74) is 0.890. The number of likely N-dealkylation sites (N-methyl/N-ethyl adjacent to an activating group) is 1. The zero-order chi connectivity index (χ0) is 15.6. The van der Waals surface area contributed by atoms with Crippen molar-refractivity contribution in [3.05, 3.63) is 34.1 Å². The molecular weight excluding hydrogens is 345 g/mol. The summed E-state index contributed by atoms with van der Waals surface area (Å²) in [5, 5.41) is 3.22. The molecule has 0 saturated heterocycles. The number of sulfone groups is 1. The molecule has 3 nitrogen and oxygen atoms in total. The van der Waals surface area contributed by atoms with E-state index in [9.17, 15) is 12.8 Å². The first kappa shape index (κ1) is 17.6. The zero-order valence-corrected chi connectivity index (χ0v) is 14.6. The molecule has 114 valence electrons. The van der Waals surface area contributed by atoms with Crippen LogP contribution in [0.2, 0.25) is 0 Å². The summed E-state index contributed by atoms with van der Waals surface area (Å²) >= 11 is 3.15. The van der Waals surface area contributed by atoms with E-state index >= 15 is 0 Å². The molecule has 0 radical (unpaired) electrons. The first-order chi connectivity index (χ1) is 9.09. The van der Waals surface area contributed by atoms with E-state index in [0.717, 1.165) is 5.56 Å². The van der Waals surface area contributed by atoms with Crippen LogP contribution < -0.4 is 5.32 Å². The highest BCUT2D eigenvalue weighted by Gasteiger charge is 2.38. The molecule has 0 bridgehead atoms. The van der Waals surface area contributed by atoms with Gasteiger partial charge in [0.1, 0.15) is 5.82 Å². The van der Waals surface area contributed by atoms with Crippen molar-refractivity contribution in [3.63, 3.8) is 0 Å². The number of nitrogens with one attached hydrogen (secondary N) is 1. The molecule has 0 aliphatic heterocycles. The Morgan fingerprint density at radius 1 is 1.40 bits per heavy atom. The molecule has 0 saturated carbocycles. The van der Waals surface area contributed by atoms with Crippen molar-refractivity contribution in [2.45, 2.75) is 38.0 Å². The third-order valence-corrected chi connectivity index (χ3v) is 6.47. The Bertz CT molecular complexity index is 573. The topological polar surface area (TPSA) is 46.2 Å². The van der Waals surface area contributed by atoms with Gasteiger partial charge in [-0.25, -0.2) is 12.8 Å². The Labute approximate surface area is 129 Å². The summed E-state index contributed by atoms with van der Waals surface area (Å²) < 4.78 is 36.7. The van der Waals surface area contributed by atoms with Crippen molar-refractivity contribution in [2.75, 3.05) is 12.8 Å². The average molecular weight is 366 g/mol. The van der Waals surface area contributed by atoms with Crippen molar-refractivity contribution < 1.29 is 12.8 Å². The van der Waals surface area contributed by atoms with Gasteiger partial charge in [-0.15, -0.1) is 0 Å². The molecule has 1 N–H and O–H groups in total. The fourth-order valence-electron chi connectivity index (χ4n) is 1.97. The number of hydrogen-bond donors (Lipinski definition) is 1. The normalized spacial score (nSPS) is 14.3. The minimum atomic E-state index is -3.21. The van der Waals surface area contributed by atoms with Crippen LogP contribution in [-0.4, -0.2) is 32.0 Å². The first-order valence-corrected chi connectivity index (χ1v) is 9.15. The van der Waals surface area contributed by atoms with E-state index in [0.29, 0.717) is 17.4 Å². The van der Waals surface area contributed by atoms with Gasteiger partial charge in [0.05, 0.1) is 9.22 Å². The van der Waals surface area contributed by atoms with Crippen LogP contribution in [-0.2, 0) is 16.3 Å². The van der Waals surface area contributed by atoms with Crippen molar-refractivity contribution in [1.82, 2.24) is 5.32 Å². The molecule has 1 rings (SSSR count). The lowest BCUT2D eigenvalue weighted by Gasteiger charge is -2.33. The minimum absolute atomic E-state index is 0.236. The molecule has 1 unspecified atom stereocenters. The quantitative estimate of drug-likeness (QED) is 0.842. The molecule has 20 heavy (non-hydrogen) atoms. The number of halogens is 2. The van der Waals surface area contributed by atoms with Gasteiger partial charge in [0.25, 0.3) is 0 Å². The van der Waals surface area contributed by atoms with Crippen molar-refractivity contribution in [2.24, 2.45) is 0 Å². The van der Waals surface area contributed by atoms with Crippen LogP contribution in [0.15, 0.2) is 22.7 Å². The fraction of sp³-hybridized carbons (Fsp3) is 0.571. The highest BCUT2D eigenvalue weighted by atomic mass is 79.9. The van der Waals surface area contributed by atoms with Crippen LogP contribution in [0.25, 0.3) is 0 Å². The van der Waals surface area contributed by atoms with Crippen LogP contribution in [0.5, 0.6) is 0 Å². The second-order valence-corrected chi connectivity index (χ2v) is 8.89. The maximum atomic E-state index is 13.2. The second kappa shape index (κ2) is 6.54. The standard InChI is InChI=1S/C14H21BrFNO2S/c1-5-17-13(14(2,3)20(4,18)19)9-10-6-7-12(16)11(15)8-10/h6-8,13,17H,5,9H2,1-4H3. The summed E-state index contributed by atoms with van der Waals surface area (Å²) in [6.07, 6.45) is 1.77. The molecule has 0 aliphatic rings. The summed E-state index contributed by atoms with van der Waals surface area (Å²) in [6.45, 7) is 6.04. The molecule has 0 aliphatic carbocycles. The average Bonchev–Trinajstić information content (AvgIpc) is 2.31. The first-order valence-electron chi connectivity index (χ1n) is 6.46. The van der Waals surface area contributed by atoms with Crippen LogP contribution in [0.4, 0.5) is 4.39 Å². The maximum absolute atomic E-state index is 13.2. The number of hydrogen-bond acceptors (Lipinski definition) is 3. The molecular formula is C14H21BrFNO2S. The Balaban J connectivity index is 3.06. The molecule has 6 heteroatoms. The van der Waals surface area contributed by atoms with Gasteiger partial charge >= 0.3 is 0 Å². The lowest BCUT2D eigenvalue weighted by atomic mass is 9.95. The summed E-state index contributed by atoms with van der Waals surface area (Å²) in [7, 11) is -3.21. The van der Waals surface area contributed by atoms with Crippen molar-refractivity contribution in [3.8, 4) is 0 Å². The van der Waals surface area contributed by atoms with Gasteiger partial charge in [0.2, 0.25) is 0 Å². The van der Waals surface area contributed by atoms with Crippen molar-refractivity contribution in [1.29, 1.82) is 0 Å². The van der Waals surface area contributed by atoms with Crippen LogP contribution >= 0.6 is 15.9 Å². The van der Waals surface area contributed by atoms with E-state index in [1.165, 1.54) is 12.3 Å². The monoisotopic (exact) mass is 365 g/mol. The smallest absolute Gasteiger partial charge is 0.154 e. The largest absolute Gasteiger partial charge is 0.312 e. The molecule has 0 aromatic heterocycles. The lowest BCUT2D eigenvalue weighted by Crippen LogP contribution is -2.52. The van der Waals surface area contributed by atoms with Crippen LogP contribution in [0, 0.1) is 5.82 Å². The predicted octanol–water partition coefficient (Wildman–Crippen LogP) is 2.93. The highest BCUT2D eigenvalue weighted by molar-refractivity contribution is 9.10. The minimum Gasteiger partial charge on any atom is -0.312 e. The Morgan fingerprint density at radius 3 is 2.45 bits per heavy atom. The van der Waals surface area contributed by atoms with E-state index in [1.54, 1.807) is 26.0 Å². The molecule has 0 amide bonds. The van der Waals surface area contributed by atoms with E-state index < -0.39 is 14.6 Å². The highest BCUT2D eigenvalue weighted by Crippen LogP contribution is 2.25. The third-order valence-electron chi connectivity index (χ3n) is 3.67. The summed E-state index contributed by atoms with van der Waals surface area (Å²) in [6, 6.07) is 4.52. The Kier molecular flexibility index (Phi) is 5.75. The third kappa shape index (κ3) is 4.02. The summed E-state index contributed by atoms with van der Waals surface area (Å²) in [4.78, 5) is 0. The van der Waals surface area contributed by atoms with Gasteiger partial charge in [-0.05, 0) is 60.4 Å². The van der Waals surface area contributed by atoms with Gasteiger partial charge in [0, 0.05) is 12.3 Å². The van der Waals surface area contributed by atoms with Crippen LogP contribution in [0.3, 0.4) is 0 Å². The Hall–Kier alpha value is -0.460. The van der Waals surface area contributed by atoms with E-state index in [1.807, 2.05) is 6.92 Å². The number of benzene rings is 1. The van der Waals surface area contributed by atoms with Gasteiger partial charge in [-0.2, -0.15) is 0 Å². The molecule has 0 fully saturated rings. The van der Waals surface area contributed by atoms with E-state index in [-0.39, 0.29) is 11.9 Å². The summed E-state index contributed by atoms with van der Waals surface area (Å²) in [5.74, 6) is -0.323. The molecule has 1 aromatic carbocycles. The van der Waals surface area contributed by atoms with Gasteiger partial charge < -0.3 is 5.32 Å². The van der Waals surface area contributed by atoms with E-state index in [4.69, 9.17) is 0 Å². The fourth-order valence-corrected chi connectivity index (χ4v) is 3.08. The predicted molar refractivity (Wildman–Crippen MR) is 84.2 cm³/mol. The molecule has 0 heterocycles. The maximum Gasteiger partial charge on any atom is 0.154 e. The number of rotatable bonds is 6. The SMILES string of the molecule is CCNC(Cc1ccc(F)c(Br)c1)C(C)(C)S(C)(=O)=O. The Morgan fingerprint density at radius 2 is 2.00 bits per heavy atom. The zero-order valence-electron chi connectivity index (χ0n) is 12.2. The second-order valence-electron chi connectivity index (χ2n) is 5.44. The van der Waals surface area contributed by atoms with Gasteiger partial charge in [0.15, 0.2) is 9.84 Å². The van der Waals surface area contributed by atoms with Crippen LogP contribution in [0.1, 0.15) is 26.3 Å². The van der Waals surface area contributed by atoms with Gasteiger partial charge in [-0.3, -0.25) is 0 Å². The van der Waals surface area contributed by atoms with Crippen molar-refractivity contribution >= 4 is 25.8 Å². The molecule has 1 aromatic rings. The molecule has 0 spiro atoms. The lowest BCUT2D eigenvalue weighted by molar-refractivity contribution is 0.413. The molecule has 1 atom stereocenters. The van der Waals surface area contributed by atoms with E-state index in [2.05, 4.69) is 21.2 Å².